The summed E-state index contributed by atoms with van der Waals surface area (Å²) in [5, 5.41) is 1.23. The van der Waals surface area contributed by atoms with Gasteiger partial charge in [-0.05, 0) is 43.0 Å². The van der Waals surface area contributed by atoms with Gasteiger partial charge < -0.3 is 4.98 Å². The van der Waals surface area contributed by atoms with Gasteiger partial charge in [0, 0.05) is 22.5 Å². The van der Waals surface area contributed by atoms with Crippen molar-refractivity contribution in [1.29, 1.82) is 0 Å². The average molecular weight is 344 g/mol. The van der Waals surface area contributed by atoms with Crippen molar-refractivity contribution in [3.05, 3.63) is 69.6 Å². The molecular formula is C21H23ClFN. The van der Waals surface area contributed by atoms with Crippen LogP contribution < -0.4 is 0 Å². The smallest absolute Gasteiger partial charge is 0.143 e. The fraction of sp³-hybridized carbons (Fsp3) is 0.333. The highest BCUT2D eigenvalue weighted by Gasteiger charge is 2.19. The molecule has 1 unspecified atom stereocenters. The quantitative estimate of drug-likeness (QED) is 0.526. The molecule has 0 aliphatic carbocycles. The summed E-state index contributed by atoms with van der Waals surface area (Å²) < 4.78 is 13.9. The highest BCUT2D eigenvalue weighted by atomic mass is 35.5. The molecule has 1 atom stereocenters. The van der Waals surface area contributed by atoms with Crippen LogP contribution in [-0.2, 0) is 6.42 Å². The Bertz CT molecular complexity index is 848. The molecule has 0 saturated carbocycles. The molecule has 0 aliphatic heterocycles. The van der Waals surface area contributed by atoms with Crippen LogP contribution in [-0.4, -0.2) is 4.98 Å². The second-order valence-corrected chi connectivity index (χ2v) is 6.97. The lowest BCUT2D eigenvalue weighted by Crippen LogP contribution is -2.01. The van der Waals surface area contributed by atoms with Crippen LogP contribution in [0, 0.1) is 12.7 Å². The third kappa shape index (κ3) is 3.21. The zero-order valence-corrected chi connectivity index (χ0v) is 15.2. The van der Waals surface area contributed by atoms with Gasteiger partial charge in [-0.2, -0.15) is 0 Å². The second-order valence-electron chi connectivity index (χ2n) is 6.57. The Morgan fingerprint density at radius 1 is 1.17 bits per heavy atom. The molecule has 1 N–H and O–H groups in total. The van der Waals surface area contributed by atoms with Crippen molar-refractivity contribution in [3.8, 4) is 0 Å². The molecule has 0 radical (unpaired) electrons. The molecule has 24 heavy (non-hydrogen) atoms. The predicted octanol–water partition coefficient (Wildman–Crippen LogP) is 6.76. The number of nitrogens with one attached hydrogen (secondary N) is 1. The zero-order valence-electron chi connectivity index (χ0n) is 14.4. The number of unbranched alkanes of at least 4 members (excludes halogenated alkanes) is 1. The van der Waals surface area contributed by atoms with Gasteiger partial charge in [0.25, 0.3) is 0 Å². The summed E-state index contributed by atoms with van der Waals surface area (Å²) in [6.45, 7) is 6.47. The minimum atomic E-state index is -0.373. The van der Waals surface area contributed by atoms with Gasteiger partial charge in [-0.3, -0.25) is 0 Å². The van der Waals surface area contributed by atoms with Gasteiger partial charge in [0.05, 0.1) is 5.02 Å². The number of aryl methyl sites for hydroxylation is 2. The van der Waals surface area contributed by atoms with Crippen molar-refractivity contribution >= 4 is 22.5 Å². The molecule has 1 heterocycles. The molecule has 126 valence electrons. The summed E-state index contributed by atoms with van der Waals surface area (Å²) in [6.07, 6.45) is 3.21. The summed E-state index contributed by atoms with van der Waals surface area (Å²) in [7, 11) is 0. The molecule has 0 bridgehead atoms. The van der Waals surface area contributed by atoms with E-state index < -0.39 is 0 Å². The molecule has 1 nitrogen and oxygen atoms in total. The number of benzene rings is 2. The Hall–Kier alpha value is -1.80. The van der Waals surface area contributed by atoms with E-state index in [0.717, 1.165) is 30.2 Å². The molecule has 0 spiro atoms. The monoisotopic (exact) mass is 343 g/mol. The Morgan fingerprint density at radius 3 is 2.54 bits per heavy atom. The highest BCUT2D eigenvalue weighted by molar-refractivity contribution is 6.31. The van der Waals surface area contributed by atoms with Crippen LogP contribution in [0.1, 0.15) is 55.0 Å². The summed E-state index contributed by atoms with van der Waals surface area (Å²) in [5.41, 5.74) is 5.78. The van der Waals surface area contributed by atoms with E-state index in [1.165, 1.54) is 28.5 Å². The first kappa shape index (κ1) is 17.0. The number of aromatic nitrogens is 1. The van der Waals surface area contributed by atoms with E-state index in [1.54, 1.807) is 6.07 Å². The topological polar surface area (TPSA) is 15.8 Å². The van der Waals surface area contributed by atoms with Gasteiger partial charge in [0.15, 0.2) is 0 Å². The highest BCUT2D eigenvalue weighted by Crippen LogP contribution is 2.35. The van der Waals surface area contributed by atoms with E-state index in [9.17, 15) is 4.39 Å². The van der Waals surface area contributed by atoms with Crippen molar-refractivity contribution in [2.45, 2.75) is 46.0 Å². The van der Waals surface area contributed by atoms with E-state index >= 15 is 0 Å². The maximum atomic E-state index is 13.9. The van der Waals surface area contributed by atoms with Crippen molar-refractivity contribution < 1.29 is 4.39 Å². The first-order chi connectivity index (χ1) is 11.5. The van der Waals surface area contributed by atoms with Gasteiger partial charge in [-0.25, -0.2) is 4.39 Å². The molecule has 0 amide bonds. The fourth-order valence-corrected chi connectivity index (χ4v) is 3.44. The third-order valence-corrected chi connectivity index (χ3v) is 5.06. The second kappa shape index (κ2) is 6.98. The molecule has 3 rings (SSSR count). The number of fused-ring (bicyclic) bond motifs is 1. The molecule has 0 aliphatic rings. The first-order valence-electron chi connectivity index (χ1n) is 8.57. The standard InChI is InChI=1S/C21H23ClFN/c1-4-5-6-16-17-11-18(22)19(23)12-20(17)24-21(16)14(3)15-9-7-13(2)8-10-15/h7-12,14,24H,4-6H2,1-3H3. The van der Waals surface area contributed by atoms with Gasteiger partial charge in [-0.1, -0.05) is 61.7 Å². The Balaban J connectivity index is 2.12. The van der Waals surface area contributed by atoms with Crippen LogP contribution in [0.25, 0.3) is 10.9 Å². The average Bonchev–Trinajstić information content (AvgIpc) is 2.91. The van der Waals surface area contributed by atoms with Crippen LogP contribution in [0.5, 0.6) is 0 Å². The SMILES string of the molecule is CCCCc1c(C(C)c2ccc(C)cc2)[nH]c2cc(F)c(Cl)cc12. The number of halogens is 2. The number of hydrogen-bond donors (Lipinski definition) is 1. The molecule has 1 aromatic heterocycles. The minimum Gasteiger partial charge on any atom is -0.358 e. The number of H-pyrrole nitrogens is 1. The van der Waals surface area contributed by atoms with Gasteiger partial charge in [0.1, 0.15) is 5.82 Å². The molecule has 0 fully saturated rings. The lowest BCUT2D eigenvalue weighted by atomic mass is 9.92. The maximum Gasteiger partial charge on any atom is 0.143 e. The molecule has 0 saturated heterocycles. The van der Waals surface area contributed by atoms with Crippen molar-refractivity contribution in [2.24, 2.45) is 0 Å². The number of hydrogen-bond acceptors (Lipinski definition) is 0. The molecular weight excluding hydrogens is 321 g/mol. The van der Waals surface area contributed by atoms with Crippen LogP contribution in [0.2, 0.25) is 5.02 Å². The molecule has 3 aromatic rings. The Morgan fingerprint density at radius 2 is 1.88 bits per heavy atom. The first-order valence-corrected chi connectivity index (χ1v) is 8.95. The molecule has 2 aromatic carbocycles. The number of aromatic amines is 1. The normalized spacial score (nSPS) is 12.7. The summed E-state index contributed by atoms with van der Waals surface area (Å²) in [6, 6.07) is 11.9. The molecule has 3 heteroatoms. The van der Waals surface area contributed by atoms with Crippen molar-refractivity contribution in [2.75, 3.05) is 0 Å². The van der Waals surface area contributed by atoms with Crippen molar-refractivity contribution in [1.82, 2.24) is 4.98 Å². The fourth-order valence-electron chi connectivity index (χ4n) is 3.28. The van der Waals surface area contributed by atoms with Gasteiger partial charge in [0.2, 0.25) is 0 Å². The van der Waals surface area contributed by atoms with Gasteiger partial charge in [-0.15, -0.1) is 0 Å². The number of rotatable bonds is 5. The van der Waals surface area contributed by atoms with E-state index in [4.69, 9.17) is 11.6 Å². The third-order valence-electron chi connectivity index (χ3n) is 4.77. The van der Waals surface area contributed by atoms with Crippen LogP contribution >= 0.6 is 11.6 Å². The predicted molar refractivity (Wildman–Crippen MR) is 101 cm³/mol. The largest absolute Gasteiger partial charge is 0.358 e. The summed E-state index contributed by atoms with van der Waals surface area (Å²) in [5.74, 6) is -0.145. The minimum absolute atomic E-state index is 0.189. The van der Waals surface area contributed by atoms with E-state index in [1.807, 2.05) is 0 Å². The van der Waals surface area contributed by atoms with Gasteiger partial charge >= 0.3 is 0 Å². The summed E-state index contributed by atoms with van der Waals surface area (Å²) >= 11 is 6.03. The Kier molecular flexibility index (Phi) is 4.96. The van der Waals surface area contributed by atoms with Crippen LogP contribution in [0.3, 0.4) is 0 Å². The zero-order chi connectivity index (χ0) is 17.3. The van der Waals surface area contributed by atoms with E-state index in [2.05, 4.69) is 50.0 Å². The van der Waals surface area contributed by atoms with Crippen LogP contribution in [0.15, 0.2) is 36.4 Å². The van der Waals surface area contributed by atoms with Crippen molar-refractivity contribution in [3.63, 3.8) is 0 Å². The lowest BCUT2D eigenvalue weighted by molar-refractivity contribution is 0.630. The summed E-state index contributed by atoms with van der Waals surface area (Å²) in [4.78, 5) is 3.46. The Labute approximate surface area is 147 Å². The van der Waals surface area contributed by atoms with Crippen LogP contribution in [0.4, 0.5) is 4.39 Å². The van der Waals surface area contributed by atoms with E-state index in [-0.39, 0.29) is 16.8 Å². The maximum absolute atomic E-state index is 13.9. The lowest BCUT2D eigenvalue weighted by Gasteiger charge is -2.14. The van der Waals surface area contributed by atoms with E-state index in [0.29, 0.717) is 0 Å².